The van der Waals surface area contributed by atoms with Gasteiger partial charge in [-0.25, -0.2) is 4.79 Å². The Hall–Kier alpha value is -2.81. The molecule has 0 radical (unpaired) electrons. The molecule has 0 aliphatic heterocycles. The average molecular weight is 273 g/mol. The Morgan fingerprint density at radius 1 is 1.30 bits per heavy atom. The smallest absolute Gasteiger partial charge is 0.350 e. The summed E-state index contributed by atoms with van der Waals surface area (Å²) in [5.41, 5.74) is 1.23. The molecule has 6 heteroatoms. The highest BCUT2D eigenvalue weighted by molar-refractivity contribution is 5.93. The molecule has 6 nitrogen and oxygen atoms in total. The second-order valence-corrected chi connectivity index (χ2v) is 3.79. The summed E-state index contributed by atoms with van der Waals surface area (Å²) in [4.78, 5) is 22.2. The van der Waals surface area contributed by atoms with Crippen molar-refractivity contribution in [3.63, 3.8) is 0 Å². The number of hydrogen-bond acceptors (Lipinski definition) is 5. The highest BCUT2D eigenvalue weighted by Crippen LogP contribution is 2.14. The van der Waals surface area contributed by atoms with Gasteiger partial charge < -0.3 is 15.4 Å². The van der Waals surface area contributed by atoms with Crippen molar-refractivity contribution in [1.82, 2.24) is 0 Å². The molecule has 0 atom stereocenters. The number of carbonyl (C=O) groups is 2. The van der Waals surface area contributed by atoms with E-state index in [1.807, 2.05) is 0 Å². The van der Waals surface area contributed by atoms with Crippen LogP contribution in [0.4, 0.5) is 11.4 Å². The van der Waals surface area contributed by atoms with Gasteiger partial charge in [-0.05, 0) is 31.2 Å². The van der Waals surface area contributed by atoms with Crippen LogP contribution in [0.5, 0.6) is 0 Å². The van der Waals surface area contributed by atoms with Crippen LogP contribution in [0.2, 0.25) is 0 Å². The summed E-state index contributed by atoms with van der Waals surface area (Å²) in [7, 11) is 0. The molecule has 0 fully saturated rings. The molecule has 2 N–H and O–H groups in total. The van der Waals surface area contributed by atoms with Gasteiger partial charge in [0.2, 0.25) is 5.91 Å². The number of ether oxygens (including phenoxy) is 1. The van der Waals surface area contributed by atoms with Crippen LogP contribution in [0, 0.1) is 11.3 Å². The van der Waals surface area contributed by atoms with Gasteiger partial charge in [-0.1, -0.05) is 0 Å². The summed E-state index contributed by atoms with van der Waals surface area (Å²) in [5, 5.41) is 14.3. The molecule has 1 rings (SSSR count). The molecule has 0 aromatic heterocycles. The minimum atomic E-state index is -0.669. The third-order valence-electron chi connectivity index (χ3n) is 2.20. The fourth-order valence-corrected chi connectivity index (χ4v) is 1.35. The summed E-state index contributed by atoms with van der Waals surface area (Å²) < 4.78 is 4.73. The van der Waals surface area contributed by atoms with E-state index in [9.17, 15) is 9.59 Å². The van der Waals surface area contributed by atoms with Crippen LogP contribution in [-0.4, -0.2) is 18.5 Å². The molecule has 1 amide bonds. The van der Waals surface area contributed by atoms with Gasteiger partial charge in [-0.15, -0.1) is 0 Å². The zero-order valence-electron chi connectivity index (χ0n) is 11.3. The maximum atomic E-state index is 11.4. The van der Waals surface area contributed by atoms with Crippen molar-refractivity contribution < 1.29 is 14.3 Å². The Kier molecular flexibility index (Phi) is 5.78. The van der Waals surface area contributed by atoms with Crippen LogP contribution in [0.25, 0.3) is 0 Å². The van der Waals surface area contributed by atoms with Crippen LogP contribution in [0.3, 0.4) is 0 Å². The lowest BCUT2D eigenvalue weighted by Gasteiger charge is -2.05. The molecule has 0 saturated heterocycles. The predicted octanol–water partition coefficient (Wildman–Crippen LogP) is 2.03. The van der Waals surface area contributed by atoms with E-state index < -0.39 is 5.97 Å². The number of hydrogen-bond donors (Lipinski definition) is 2. The molecule has 0 heterocycles. The van der Waals surface area contributed by atoms with Crippen molar-refractivity contribution >= 4 is 23.3 Å². The van der Waals surface area contributed by atoms with Crippen LogP contribution in [0.1, 0.15) is 13.8 Å². The van der Waals surface area contributed by atoms with Gasteiger partial charge in [0.15, 0.2) is 5.57 Å². The highest BCUT2D eigenvalue weighted by Gasteiger charge is 2.08. The number of carbonyl (C=O) groups excluding carboxylic acids is 2. The number of nitrogens with one attached hydrogen (secondary N) is 2. The van der Waals surface area contributed by atoms with E-state index in [0.29, 0.717) is 11.4 Å². The van der Waals surface area contributed by atoms with Crippen LogP contribution in [-0.2, 0) is 14.3 Å². The van der Waals surface area contributed by atoms with Gasteiger partial charge in [-0.2, -0.15) is 5.26 Å². The first-order valence-electron chi connectivity index (χ1n) is 5.98. The molecule has 1 aromatic rings. The molecule has 0 spiro atoms. The normalized spacial score (nSPS) is 10.3. The summed E-state index contributed by atoms with van der Waals surface area (Å²) in [6.45, 7) is 3.30. The molecule has 20 heavy (non-hydrogen) atoms. The standard InChI is InChI=1S/C14H15N3O3/c1-3-20-14(19)11(8-15)9-16-12-4-6-13(7-5-12)17-10(2)18/h4-7,9,16H,3H2,1-2H3,(H,17,18)/b11-9+. The van der Waals surface area contributed by atoms with Gasteiger partial charge in [0, 0.05) is 24.5 Å². The van der Waals surface area contributed by atoms with E-state index in [-0.39, 0.29) is 18.1 Å². The lowest BCUT2D eigenvalue weighted by molar-refractivity contribution is -0.138. The molecule has 1 aromatic carbocycles. The molecule has 0 unspecified atom stereocenters. The third kappa shape index (κ3) is 4.82. The lowest BCUT2D eigenvalue weighted by atomic mass is 10.2. The predicted molar refractivity (Wildman–Crippen MR) is 74.7 cm³/mol. The Morgan fingerprint density at radius 2 is 1.90 bits per heavy atom. The van der Waals surface area contributed by atoms with E-state index in [1.165, 1.54) is 13.1 Å². The first kappa shape index (κ1) is 15.2. The first-order valence-corrected chi connectivity index (χ1v) is 5.98. The lowest BCUT2D eigenvalue weighted by Crippen LogP contribution is -2.08. The number of nitriles is 1. The Balaban J connectivity index is 2.71. The molecule has 0 aliphatic carbocycles. The minimum absolute atomic E-state index is 0.113. The van der Waals surface area contributed by atoms with E-state index >= 15 is 0 Å². The molecule has 104 valence electrons. The number of anilines is 2. The number of rotatable bonds is 5. The summed E-state index contributed by atoms with van der Waals surface area (Å²) in [5.74, 6) is -0.822. The van der Waals surface area contributed by atoms with E-state index in [4.69, 9.17) is 10.00 Å². The van der Waals surface area contributed by atoms with E-state index in [1.54, 1.807) is 37.3 Å². The Morgan fingerprint density at radius 3 is 2.40 bits per heavy atom. The Bertz CT molecular complexity index is 556. The minimum Gasteiger partial charge on any atom is -0.462 e. The highest BCUT2D eigenvalue weighted by atomic mass is 16.5. The summed E-state index contributed by atoms with van der Waals surface area (Å²) in [6, 6.07) is 8.59. The number of nitrogens with zero attached hydrogens (tertiary/aromatic N) is 1. The van der Waals surface area contributed by atoms with Crippen LogP contribution in [0.15, 0.2) is 36.0 Å². The SMILES string of the molecule is CCOC(=O)/C(C#N)=C/Nc1ccc(NC(C)=O)cc1. The average Bonchev–Trinajstić information content (AvgIpc) is 2.41. The Labute approximate surface area is 117 Å². The van der Waals surface area contributed by atoms with Gasteiger partial charge >= 0.3 is 5.97 Å². The quantitative estimate of drug-likeness (QED) is 0.486. The first-order chi connectivity index (χ1) is 9.56. The van der Waals surface area contributed by atoms with Gasteiger partial charge in [-0.3, -0.25) is 4.79 Å². The van der Waals surface area contributed by atoms with Crippen molar-refractivity contribution in [2.75, 3.05) is 17.2 Å². The molecule has 0 bridgehead atoms. The molecular weight excluding hydrogens is 258 g/mol. The van der Waals surface area contributed by atoms with Crippen molar-refractivity contribution in [3.8, 4) is 6.07 Å². The molecule has 0 saturated carbocycles. The monoisotopic (exact) mass is 273 g/mol. The van der Waals surface area contributed by atoms with Gasteiger partial charge in [0.1, 0.15) is 6.07 Å². The number of benzene rings is 1. The van der Waals surface area contributed by atoms with Crippen molar-refractivity contribution in [3.05, 3.63) is 36.0 Å². The second-order valence-electron chi connectivity index (χ2n) is 3.79. The van der Waals surface area contributed by atoms with Crippen molar-refractivity contribution in [2.24, 2.45) is 0 Å². The van der Waals surface area contributed by atoms with Gasteiger partial charge in [0.05, 0.1) is 6.61 Å². The zero-order valence-corrected chi connectivity index (χ0v) is 11.3. The van der Waals surface area contributed by atoms with Crippen molar-refractivity contribution in [1.29, 1.82) is 5.26 Å². The zero-order chi connectivity index (χ0) is 15.0. The maximum absolute atomic E-state index is 11.4. The molecular formula is C14H15N3O3. The van der Waals surface area contributed by atoms with E-state index in [2.05, 4.69) is 10.6 Å². The van der Waals surface area contributed by atoms with E-state index in [0.717, 1.165) is 0 Å². The van der Waals surface area contributed by atoms with Crippen LogP contribution < -0.4 is 10.6 Å². The molecule has 0 aliphatic rings. The number of amides is 1. The topological polar surface area (TPSA) is 91.2 Å². The van der Waals surface area contributed by atoms with Gasteiger partial charge in [0.25, 0.3) is 0 Å². The number of esters is 1. The van der Waals surface area contributed by atoms with Crippen molar-refractivity contribution in [2.45, 2.75) is 13.8 Å². The maximum Gasteiger partial charge on any atom is 0.350 e. The fraction of sp³-hybridized carbons (Fsp3) is 0.214. The summed E-state index contributed by atoms with van der Waals surface area (Å²) in [6.07, 6.45) is 1.28. The second kappa shape index (κ2) is 7.59. The largest absolute Gasteiger partial charge is 0.462 e. The third-order valence-corrected chi connectivity index (χ3v) is 2.20. The van der Waals surface area contributed by atoms with Crippen LogP contribution >= 0.6 is 0 Å². The summed E-state index contributed by atoms with van der Waals surface area (Å²) >= 11 is 0. The fourth-order valence-electron chi connectivity index (χ4n) is 1.35.